The second kappa shape index (κ2) is 11.4. The average Bonchev–Trinajstić information content (AvgIpc) is 3.23. The first kappa shape index (κ1) is 29.1. The van der Waals surface area contributed by atoms with Crippen LogP contribution in [-0.2, 0) is 0 Å². The average molecular weight is 661 g/mol. The maximum atomic E-state index is 7.25. The van der Waals surface area contributed by atoms with E-state index >= 15 is 0 Å². The molecule has 0 saturated carbocycles. The van der Waals surface area contributed by atoms with E-state index in [9.17, 15) is 0 Å². The molecule has 0 aromatic heterocycles. The first-order valence-corrected chi connectivity index (χ1v) is 18.0. The minimum absolute atomic E-state index is 0.0434. The number of rotatable bonds is 3. The van der Waals surface area contributed by atoms with Gasteiger partial charge in [0.25, 0.3) is 0 Å². The van der Waals surface area contributed by atoms with Crippen molar-refractivity contribution < 1.29 is 4.74 Å². The number of benzene rings is 10. The predicted octanol–water partition coefficient (Wildman–Crippen LogP) is 14.1. The summed E-state index contributed by atoms with van der Waals surface area (Å²) >= 11 is 0. The van der Waals surface area contributed by atoms with Gasteiger partial charge in [0.05, 0.1) is 0 Å². The molecule has 0 N–H and O–H groups in total. The molecule has 0 bridgehead atoms. The third-order valence-corrected chi connectivity index (χ3v) is 11.2. The minimum Gasteiger partial charge on any atom is -0.455 e. The van der Waals surface area contributed by atoms with Gasteiger partial charge in [-0.2, -0.15) is 0 Å². The minimum atomic E-state index is -0.0434. The van der Waals surface area contributed by atoms with Crippen molar-refractivity contribution in [1.82, 2.24) is 0 Å². The van der Waals surface area contributed by atoms with Crippen LogP contribution in [0.5, 0.6) is 11.5 Å². The van der Waals surface area contributed by atoms with E-state index in [1.54, 1.807) is 0 Å². The SMILES string of the molecule is c1ccc(-c2cccc3ccc(-c4ccc(C5c6c(c7ccccc7c7ccccc67)Oc6c5c5ccccc5c5ccccc65)cc4)cc23)cc1. The van der Waals surface area contributed by atoms with Crippen molar-refractivity contribution in [2.75, 3.05) is 0 Å². The molecule has 1 aliphatic rings. The van der Waals surface area contributed by atoms with Crippen LogP contribution in [0.4, 0.5) is 0 Å². The van der Waals surface area contributed by atoms with E-state index in [1.807, 2.05) is 0 Å². The molecule has 0 spiro atoms. The Labute approximate surface area is 302 Å². The Morgan fingerprint density at radius 1 is 0.308 bits per heavy atom. The van der Waals surface area contributed by atoms with Gasteiger partial charge in [-0.25, -0.2) is 0 Å². The lowest BCUT2D eigenvalue weighted by atomic mass is 9.76. The number of fused-ring (bicyclic) bond motifs is 13. The lowest BCUT2D eigenvalue weighted by Gasteiger charge is -2.33. The summed E-state index contributed by atoms with van der Waals surface area (Å²) in [6.45, 7) is 0. The van der Waals surface area contributed by atoms with Crippen LogP contribution in [0.15, 0.2) is 188 Å². The van der Waals surface area contributed by atoms with E-state index in [4.69, 9.17) is 4.74 Å². The quantitative estimate of drug-likeness (QED) is 0.171. The van der Waals surface area contributed by atoms with Crippen molar-refractivity contribution in [3.05, 3.63) is 205 Å². The van der Waals surface area contributed by atoms with Crippen molar-refractivity contribution in [2.45, 2.75) is 5.92 Å². The molecule has 11 rings (SSSR count). The molecule has 0 saturated heterocycles. The summed E-state index contributed by atoms with van der Waals surface area (Å²) < 4.78 is 7.25. The van der Waals surface area contributed by atoms with Gasteiger partial charge in [-0.1, -0.05) is 182 Å². The molecule has 1 nitrogen and oxygen atoms in total. The van der Waals surface area contributed by atoms with Gasteiger partial charge in [0.2, 0.25) is 0 Å². The van der Waals surface area contributed by atoms with Crippen molar-refractivity contribution in [3.8, 4) is 33.8 Å². The second-order valence-electron chi connectivity index (χ2n) is 13.9. The first-order chi connectivity index (χ1) is 25.8. The van der Waals surface area contributed by atoms with E-state index in [0.29, 0.717) is 0 Å². The molecule has 0 fully saturated rings. The van der Waals surface area contributed by atoms with Gasteiger partial charge in [-0.05, 0) is 77.0 Å². The second-order valence-corrected chi connectivity index (χ2v) is 13.9. The molecule has 0 unspecified atom stereocenters. The van der Waals surface area contributed by atoms with Crippen LogP contribution in [0.1, 0.15) is 22.6 Å². The van der Waals surface area contributed by atoms with Crippen molar-refractivity contribution in [1.29, 1.82) is 0 Å². The zero-order valence-corrected chi connectivity index (χ0v) is 28.4. The van der Waals surface area contributed by atoms with E-state index < -0.39 is 0 Å². The monoisotopic (exact) mass is 660 g/mol. The molecular formula is C51H32O. The van der Waals surface area contributed by atoms with Crippen molar-refractivity contribution >= 4 is 53.9 Å². The van der Waals surface area contributed by atoms with Crippen LogP contribution in [0.25, 0.3) is 76.1 Å². The van der Waals surface area contributed by atoms with Gasteiger partial charge in [-0.3, -0.25) is 0 Å². The maximum absolute atomic E-state index is 7.25. The first-order valence-electron chi connectivity index (χ1n) is 18.0. The molecule has 0 amide bonds. The highest BCUT2D eigenvalue weighted by Gasteiger charge is 2.35. The van der Waals surface area contributed by atoms with Gasteiger partial charge in [0.15, 0.2) is 0 Å². The Hall–Kier alpha value is -6.70. The Balaban J connectivity index is 1.16. The van der Waals surface area contributed by atoms with Crippen LogP contribution in [-0.4, -0.2) is 0 Å². The van der Waals surface area contributed by atoms with E-state index in [1.165, 1.54) is 82.0 Å². The molecule has 1 heteroatoms. The summed E-state index contributed by atoms with van der Waals surface area (Å²) in [6, 6.07) is 68.6. The van der Waals surface area contributed by atoms with E-state index in [2.05, 4.69) is 188 Å². The molecule has 10 aromatic rings. The lowest BCUT2D eigenvalue weighted by molar-refractivity contribution is 0.467. The molecule has 52 heavy (non-hydrogen) atoms. The third-order valence-electron chi connectivity index (χ3n) is 11.2. The van der Waals surface area contributed by atoms with Crippen LogP contribution in [0.2, 0.25) is 0 Å². The molecule has 0 atom stereocenters. The largest absolute Gasteiger partial charge is 0.455 e. The molecule has 0 aliphatic carbocycles. The highest BCUT2D eigenvalue weighted by Crippen LogP contribution is 2.57. The van der Waals surface area contributed by atoms with Crippen LogP contribution < -0.4 is 4.74 Å². The predicted molar refractivity (Wildman–Crippen MR) is 219 cm³/mol. The summed E-state index contributed by atoms with van der Waals surface area (Å²) in [5.41, 5.74) is 8.61. The fourth-order valence-electron chi connectivity index (χ4n) is 8.83. The molecule has 1 aliphatic heterocycles. The van der Waals surface area contributed by atoms with Crippen LogP contribution in [0.3, 0.4) is 0 Å². The maximum Gasteiger partial charge on any atom is 0.140 e. The summed E-state index contributed by atoms with van der Waals surface area (Å²) in [5.74, 6) is 1.87. The fourth-order valence-corrected chi connectivity index (χ4v) is 8.83. The zero-order chi connectivity index (χ0) is 34.2. The summed E-state index contributed by atoms with van der Waals surface area (Å²) in [4.78, 5) is 0. The Bertz CT molecular complexity index is 2900. The Morgan fingerprint density at radius 2 is 0.788 bits per heavy atom. The molecule has 0 radical (unpaired) electrons. The summed E-state index contributed by atoms with van der Waals surface area (Å²) in [6.07, 6.45) is 0. The van der Waals surface area contributed by atoms with E-state index in [-0.39, 0.29) is 5.92 Å². The summed E-state index contributed by atoms with van der Waals surface area (Å²) in [5, 5.41) is 12.2. The number of hydrogen-bond acceptors (Lipinski definition) is 1. The normalized spacial score (nSPS) is 12.7. The Morgan fingerprint density at radius 3 is 1.37 bits per heavy atom. The van der Waals surface area contributed by atoms with Gasteiger partial charge >= 0.3 is 0 Å². The molecule has 10 aromatic carbocycles. The highest BCUT2D eigenvalue weighted by atomic mass is 16.5. The Kier molecular flexibility index (Phi) is 6.38. The van der Waals surface area contributed by atoms with Gasteiger partial charge in [0, 0.05) is 27.8 Å². The van der Waals surface area contributed by atoms with Crippen LogP contribution in [0, 0.1) is 0 Å². The number of hydrogen-bond donors (Lipinski definition) is 0. The van der Waals surface area contributed by atoms with Crippen molar-refractivity contribution in [3.63, 3.8) is 0 Å². The van der Waals surface area contributed by atoms with Gasteiger partial charge in [-0.15, -0.1) is 0 Å². The lowest BCUT2D eigenvalue weighted by Crippen LogP contribution is -2.14. The highest BCUT2D eigenvalue weighted by molar-refractivity contribution is 6.17. The topological polar surface area (TPSA) is 9.23 Å². The smallest absolute Gasteiger partial charge is 0.140 e. The number of ether oxygens (including phenoxy) is 1. The third kappa shape index (κ3) is 4.30. The van der Waals surface area contributed by atoms with Gasteiger partial charge < -0.3 is 4.74 Å². The zero-order valence-electron chi connectivity index (χ0n) is 28.4. The van der Waals surface area contributed by atoms with Gasteiger partial charge in [0.1, 0.15) is 11.5 Å². The van der Waals surface area contributed by atoms with Crippen molar-refractivity contribution in [2.24, 2.45) is 0 Å². The van der Waals surface area contributed by atoms with E-state index in [0.717, 1.165) is 22.3 Å². The standard InChI is InChI=1S/C51H32O/c1-2-13-33(14-3-1)37-24-12-15-34-27-30-36(31-46(34)37)32-25-28-35(29-26-32)47-48-42-20-8-4-16-38(42)40-18-6-10-22-44(40)50(48)52-51-45-23-11-7-19-41(45)39-17-5-9-21-43(39)49(47)51/h1-31,47H. The fraction of sp³-hybridized carbons (Fsp3) is 0.0196. The summed E-state index contributed by atoms with van der Waals surface area (Å²) in [7, 11) is 0. The molecule has 1 heterocycles. The molecule has 242 valence electrons. The van der Waals surface area contributed by atoms with Crippen LogP contribution >= 0.6 is 0 Å². The molecular weight excluding hydrogens is 629 g/mol.